The zero-order chi connectivity index (χ0) is 25.8. The highest BCUT2D eigenvalue weighted by Gasteiger charge is 2.55. The number of anilines is 1. The van der Waals surface area contributed by atoms with Crippen molar-refractivity contribution in [3.63, 3.8) is 0 Å². The van der Waals surface area contributed by atoms with Gasteiger partial charge in [0.15, 0.2) is 10.8 Å². The molecule has 1 aromatic heterocycles. The molecule has 17 heteroatoms. The fourth-order valence-corrected chi connectivity index (χ4v) is 4.11. The Morgan fingerprint density at radius 3 is 2.53 bits per heavy atom. The lowest BCUT2D eigenvalue weighted by Gasteiger charge is -2.43. The number of amides is 2. The summed E-state index contributed by atoms with van der Waals surface area (Å²) >= 11 is 0.959. The second-order valence-corrected chi connectivity index (χ2v) is 9.79. The molecule has 1 saturated heterocycles. The van der Waals surface area contributed by atoms with Crippen LogP contribution in [0, 0.1) is 5.41 Å². The maximum atomic E-state index is 12.9. The standard InChI is InChI=1S/C17H23N5O10S2/c1-4-31-10(23)5-9-12(14(25)22(9)34(28,29)30)20-13(24)11(8-6-33-16(18)19-8)21-32-7-17(2,3)15(26)27/h6,9,12H,4-5,7H2,1-3H3,(H2,18,19)(H,20,24)(H,26,27)(H,28,29,30)/b21-11-/t9-,12-/m1/s1. The van der Waals surface area contributed by atoms with Crippen molar-refractivity contribution in [1.82, 2.24) is 14.6 Å². The highest BCUT2D eigenvalue weighted by molar-refractivity contribution is 7.84. The van der Waals surface area contributed by atoms with Crippen molar-refractivity contribution < 1.29 is 46.8 Å². The molecule has 188 valence electrons. The molecule has 0 radical (unpaired) electrons. The molecule has 1 fully saturated rings. The minimum atomic E-state index is -5.01. The number of rotatable bonds is 11. The number of carboxylic acids is 1. The molecule has 2 heterocycles. The SMILES string of the molecule is CCOC(=O)C[C@@H]1[C@@H](NC(=O)/C(=N\OCC(C)(C)C(=O)O)c2csc(N)n2)C(=O)N1S(=O)(=O)O. The van der Waals surface area contributed by atoms with Gasteiger partial charge in [-0.3, -0.25) is 23.7 Å². The van der Waals surface area contributed by atoms with Gasteiger partial charge in [0.05, 0.1) is 24.5 Å². The Morgan fingerprint density at radius 2 is 2.03 bits per heavy atom. The minimum absolute atomic E-state index is 0.0194. The number of carboxylic acid groups (broad SMARTS) is 1. The van der Waals surface area contributed by atoms with E-state index in [1.807, 2.05) is 0 Å². The van der Waals surface area contributed by atoms with Crippen molar-refractivity contribution in [2.75, 3.05) is 18.9 Å². The number of ether oxygens (including phenoxy) is 1. The number of aliphatic carboxylic acids is 1. The van der Waals surface area contributed by atoms with E-state index in [1.54, 1.807) is 0 Å². The van der Waals surface area contributed by atoms with Crippen LogP contribution in [0.15, 0.2) is 10.5 Å². The molecular formula is C17H23N5O10S2. The number of nitrogens with zero attached hydrogens (tertiary/aromatic N) is 3. The Kier molecular flexibility index (Phi) is 8.17. The van der Waals surface area contributed by atoms with E-state index < -0.39 is 70.3 Å². The zero-order valence-corrected chi connectivity index (χ0v) is 19.9. The van der Waals surface area contributed by atoms with Crippen molar-refractivity contribution in [2.24, 2.45) is 10.6 Å². The first-order valence-corrected chi connectivity index (χ1v) is 11.9. The lowest BCUT2D eigenvalue weighted by atomic mass is 9.95. The number of carbonyl (C=O) groups is 4. The van der Waals surface area contributed by atoms with Crippen molar-refractivity contribution >= 4 is 56.2 Å². The maximum absolute atomic E-state index is 12.9. The van der Waals surface area contributed by atoms with Gasteiger partial charge in [0, 0.05) is 5.38 Å². The average Bonchev–Trinajstić information content (AvgIpc) is 3.13. The number of hydrogen-bond acceptors (Lipinski definition) is 12. The van der Waals surface area contributed by atoms with Gasteiger partial charge in [-0.1, -0.05) is 5.16 Å². The predicted molar refractivity (Wildman–Crippen MR) is 116 cm³/mol. The quantitative estimate of drug-likeness (QED) is 0.0904. The zero-order valence-electron chi connectivity index (χ0n) is 18.2. The molecule has 0 aliphatic carbocycles. The molecule has 2 amide bonds. The average molecular weight is 522 g/mol. The summed E-state index contributed by atoms with van der Waals surface area (Å²) in [4.78, 5) is 57.2. The number of nitrogens with one attached hydrogen (secondary N) is 1. The van der Waals surface area contributed by atoms with E-state index in [4.69, 9.17) is 20.4 Å². The number of nitrogen functional groups attached to an aromatic ring is 1. The Hall–Kier alpha value is -3.31. The summed E-state index contributed by atoms with van der Waals surface area (Å²) in [5.41, 5.74) is 3.69. The summed E-state index contributed by atoms with van der Waals surface area (Å²) in [7, 11) is -5.01. The Morgan fingerprint density at radius 1 is 1.38 bits per heavy atom. The van der Waals surface area contributed by atoms with Crippen LogP contribution in [0.4, 0.5) is 5.13 Å². The van der Waals surface area contributed by atoms with E-state index in [0.29, 0.717) is 0 Å². The van der Waals surface area contributed by atoms with E-state index >= 15 is 0 Å². The molecule has 2 rings (SSSR count). The number of carbonyl (C=O) groups excluding carboxylic acids is 3. The Labute approximate surface area is 197 Å². The van der Waals surface area contributed by atoms with Gasteiger partial charge in [0.25, 0.3) is 11.8 Å². The number of esters is 1. The van der Waals surface area contributed by atoms with E-state index in [0.717, 1.165) is 11.3 Å². The van der Waals surface area contributed by atoms with Crippen molar-refractivity contribution in [2.45, 2.75) is 39.3 Å². The first-order valence-electron chi connectivity index (χ1n) is 9.61. The van der Waals surface area contributed by atoms with Gasteiger partial charge in [-0.15, -0.1) is 11.3 Å². The van der Waals surface area contributed by atoms with Crippen molar-refractivity contribution in [1.29, 1.82) is 0 Å². The molecule has 1 aliphatic heterocycles. The number of thiazole rings is 1. The molecular weight excluding hydrogens is 498 g/mol. The third-order valence-electron chi connectivity index (χ3n) is 4.53. The van der Waals surface area contributed by atoms with Gasteiger partial charge < -0.3 is 25.7 Å². The first-order chi connectivity index (χ1) is 15.7. The molecule has 0 bridgehead atoms. The Bertz CT molecular complexity index is 1110. The Balaban J connectivity index is 2.28. The van der Waals surface area contributed by atoms with Crippen molar-refractivity contribution in [3.8, 4) is 0 Å². The monoisotopic (exact) mass is 521 g/mol. The molecule has 15 nitrogen and oxygen atoms in total. The number of nitrogens with two attached hydrogens (primary N) is 1. The maximum Gasteiger partial charge on any atom is 0.362 e. The van der Waals surface area contributed by atoms with Crippen LogP contribution in [0.1, 0.15) is 32.9 Å². The number of aromatic nitrogens is 1. The summed E-state index contributed by atoms with van der Waals surface area (Å²) in [6.45, 7) is 3.79. The van der Waals surface area contributed by atoms with Crippen LogP contribution in [0.3, 0.4) is 0 Å². The largest absolute Gasteiger partial charge is 0.481 e. The predicted octanol–water partition coefficient (Wildman–Crippen LogP) is -0.992. The van der Waals surface area contributed by atoms with Crippen LogP contribution in [0.5, 0.6) is 0 Å². The third kappa shape index (κ3) is 6.17. The number of hydrogen-bond donors (Lipinski definition) is 4. The highest BCUT2D eigenvalue weighted by Crippen LogP contribution is 2.27. The second-order valence-electron chi connectivity index (χ2n) is 7.61. The normalized spacial score (nSPS) is 18.8. The van der Waals surface area contributed by atoms with Crippen molar-refractivity contribution in [3.05, 3.63) is 11.1 Å². The summed E-state index contributed by atoms with van der Waals surface area (Å²) in [6.07, 6.45) is -0.635. The van der Waals surface area contributed by atoms with Crippen LogP contribution in [0.25, 0.3) is 0 Å². The third-order valence-corrected chi connectivity index (χ3v) is 6.15. The van der Waals surface area contributed by atoms with Gasteiger partial charge in [-0.25, -0.2) is 9.29 Å². The fourth-order valence-electron chi connectivity index (χ4n) is 2.68. The van der Waals surface area contributed by atoms with Gasteiger partial charge in [0.1, 0.15) is 18.3 Å². The van der Waals surface area contributed by atoms with Gasteiger partial charge in [0.2, 0.25) is 0 Å². The van der Waals surface area contributed by atoms with E-state index in [9.17, 15) is 32.1 Å². The lowest BCUT2D eigenvalue weighted by molar-refractivity contribution is -0.152. The van der Waals surface area contributed by atoms with Crippen LogP contribution >= 0.6 is 11.3 Å². The van der Waals surface area contributed by atoms with Crippen LogP contribution in [-0.2, 0) is 39.1 Å². The molecule has 0 saturated carbocycles. The summed E-state index contributed by atoms with van der Waals surface area (Å²) in [5.74, 6) is -4.30. The smallest absolute Gasteiger partial charge is 0.362 e. The summed E-state index contributed by atoms with van der Waals surface area (Å²) in [6, 6.07) is -2.99. The molecule has 0 unspecified atom stereocenters. The van der Waals surface area contributed by atoms with E-state index in [1.165, 1.54) is 26.2 Å². The van der Waals surface area contributed by atoms with Gasteiger partial charge in [-0.2, -0.15) is 8.42 Å². The van der Waals surface area contributed by atoms with Crippen LogP contribution in [0.2, 0.25) is 0 Å². The van der Waals surface area contributed by atoms with Gasteiger partial charge in [-0.05, 0) is 20.8 Å². The number of β-lactam (4-membered cyclic amide) rings is 1. The molecule has 1 aliphatic rings. The molecule has 2 atom stereocenters. The first kappa shape index (κ1) is 26.9. The van der Waals surface area contributed by atoms with Crippen LogP contribution < -0.4 is 11.1 Å². The van der Waals surface area contributed by atoms with E-state index in [-0.39, 0.29) is 21.7 Å². The highest BCUT2D eigenvalue weighted by atomic mass is 32.2. The fraction of sp³-hybridized carbons (Fsp3) is 0.529. The number of oxime groups is 1. The molecule has 0 spiro atoms. The second kappa shape index (κ2) is 10.3. The van der Waals surface area contributed by atoms with Crippen LogP contribution in [-0.4, -0.2) is 82.1 Å². The minimum Gasteiger partial charge on any atom is -0.481 e. The molecule has 1 aromatic rings. The molecule has 5 N–H and O–H groups in total. The topological polar surface area (TPSA) is 228 Å². The lowest BCUT2D eigenvalue weighted by Crippen LogP contribution is -2.72. The summed E-state index contributed by atoms with van der Waals surface area (Å²) in [5, 5.41) is 16.5. The molecule has 0 aromatic carbocycles. The van der Waals surface area contributed by atoms with E-state index in [2.05, 4.69) is 15.5 Å². The summed E-state index contributed by atoms with van der Waals surface area (Å²) < 4.78 is 37.2. The molecule has 34 heavy (non-hydrogen) atoms. The van der Waals surface area contributed by atoms with Gasteiger partial charge >= 0.3 is 22.2 Å².